The van der Waals surface area contributed by atoms with E-state index >= 15 is 0 Å². The molecule has 5 heteroatoms. The van der Waals surface area contributed by atoms with E-state index in [-0.39, 0.29) is 17.4 Å². The first-order valence-corrected chi connectivity index (χ1v) is 6.00. The summed E-state index contributed by atoms with van der Waals surface area (Å²) in [6.07, 6.45) is 0.876. The van der Waals surface area contributed by atoms with E-state index in [1.807, 2.05) is 4.90 Å². The first kappa shape index (κ1) is 10.5. The maximum atomic E-state index is 12.2. The minimum absolute atomic E-state index is 0.0863. The van der Waals surface area contributed by atoms with Gasteiger partial charge in [-0.15, -0.1) is 0 Å². The van der Waals surface area contributed by atoms with Crippen LogP contribution in [0.25, 0.3) is 0 Å². The van der Waals surface area contributed by atoms with E-state index in [9.17, 15) is 4.79 Å². The number of nitrogens with zero attached hydrogens (tertiary/aromatic N) is 1. The van der Waals surface area contributed by atoms with Gasteiger partial charge in [0.25, 0.3) is 0 Å². The van der Waals surface area contributed by atoms with Crippen LogP contribution in [-0.2, 0) is 14.3 Å². The maximum absolute atomic E-state index is 12.2. The molecule has 90 valence electrons. The van der Waals surface area contributed by atoms with E-state index in [0.717, 1.165) is 39.2 Å². The Kier molecular flexibility index (Phi) is 2.61. The second-order valence-electron chi connectivity index (χ2n) is 4.96. The Hall–Kier alpha value is -0.650. The summed E-state index contributed by atoms with van der Waals surface area (Å²) in [4.78, 5) is 14.2. The first-order valence-electron chi connectivity index (χ1n) is 6.00. The predicted molar refractivity (Wildman–Crippen MR) is 57.1 cm³/mol. The molecule has 1 N–H and O–H groups in total. The van der Waals surface area contributed by atoms with E-state index in [1.54, 1.807) is 0 Å². The molecule has 1 amide bonds. The summed E-state index contributed by atoms with van der Waals surface area (Å²) in [5.41, 5.74) is -0.0899. The molecule has 3 heterocycles. The molecule has 0 bridgehead atoms. The van der Waals surface area contributed by atoms with Gasteiger partial charge in [0.05, 0.1) is 25.7 Å². The maximum Gasteiger partial charge on any atom is 0.228 e. The van der Waals surface area contributed by atoms with Crippen LogP contribution in [0.15, 0.2) is 0 Å². The van der Waals surface area contributed by atoms with E-state index in [0.29, 0.717) is 13.2 Å². The van der Waals surface area contributed by atoms with Crippen LogP contribution >= 0.6 is 0 Å². The summed E-state index contributed by atoms with van der Waals surface area (Å²) in [6, 6.07) is 0. The van der Waals surface area contributed by atoms with Gasteiger partial charge in [-0.25, -0.2) is 0 Å². The standard InChI is InChI=1S/C11H18N2O3/c14-10(9-1-3-15-5-9)13-2-4-16-11(8-13)6-12-7-11/h9,12H,1-8H2. The van der Waals surface area contributed by atoms with Gasteiger partial charge in [-0.05, 0) is 6.42 Å². The van der Waals surface area contributed by atoms with Crippen molar-refractivity contribution in [3.05, 3.63) is 0 Å². The number of ether oxygens (including phenoxy) is 2. The van der Waals surface area contributed by atoms with Crippen molar-refractivity contribution in [1.29, 1.82) is 0 Å². The van der Waals surface area contributed by atoms with Crippen molar-refractivity contribution in [2.24, 2.45) is 5.92 Å². The molecule has 0 aromatic heterocycles. The van der Waals surface area contributed by atoms with Crippen molar-refractivity contribution in [3.8, 4) is 0 Å². The van der Waals surface area contributed by atoms with Crippen molar-refractivity contribution in [2.45, 2.75) is 12.0 Å². The van der Waals surface area contributed by atoms with Crippen LogP contribution in [0.5, 0.6) is 0 Å². The molecule has 0 saturated carbocycles. The quantitative estimate of drug-likeness (QED) is 0.637. The Balaban J connectivity index is 1.63. The van der Waals surface area contributed by atoms with Crippen molar-refractivity contribution < 1.29 is 14.3 Å². The van der Waals surface area contributed by atoms with E-state index in [1.165, 1.54) is 0 Å². The fourth-order valence-electron chi connectivity index (χ4n) is 2.64. The highest BCUT2D eigenvalue weighted by Gasteiger charge is 2.44. The number of rotatable bonds is 1. The average molecular weight is 226 g/mol. The molecule has 5 nitrogen and oxygen atoms in total. The molecule has 3 rings (SSSR count). The third-order valence-corrected chi connectivity index (χ3v) is 3.73. The first-order chi connectivity index (χ1) is 7.79. The summed E-state index contributed by atoms with van der Waals surface area (Å²) < 4.78 is 11.0. The Bertz CT molecular complexity index is 285. The smallest absolute Gasteiger partial charge is 0.228 e. The normalized spacial score (nSPS) is 32.8. The molecular weight excluding hydrogens is 208 g/mol. The van der Waals surface area contributed by atoms with Crippen LogP contribution in [0.3, 0.4) is 0 Å². The third kappa shape index (κ3) is 1.73. The Morgan fingerprint density at radius 3 is 2.88 bits per heavy atom. The van der Waals surface area contributed by atoms with Crippen LogP contribution < -0.4 is 5.32 Å². The van der Waals surface area contributed by atoms with Gasteiger partial charge >= 0.3 is 0 Å². The van der Waals surface area contributed by atoms with Gasteiger partial charge in [-0.1, -0.05) is 0 Å². The summed E-state index contributed by atoms with van der Waals surface area (Å²) >= 11 is 0. The lowest BCUT2D eigenvalue weighted by Crippen LogP contribution is -2.69. The molecule has 1 atom stereocenters. The fraction of sp³-hybridized carbons (Fsp3) is 0.909. The zero-order valence-corrected chi connectivity index (χ0v) is 9.41. The van der Waals surface area contributed by atoms with Crippen LogP contribution in [0, 0.1) is 5.92 Å². The van der Waals surface area contributed by atoms with E-state index in [4.69, 9.17) is 9.47 Å². The summed E-state index contributed by atoms with van der Waals surface area (Å²) in [7, 11) is 0. The van der Waals surface area contributed by atoms with Crippen molar-refractivity contribution in [1.82, 2.24) is 10.2 Å². The largest absolute Gasteiger partial charge is 0.381 e. The van der Waals surface area contributed by atoms with Crippen LogP contribution in [0.2, 0.25) is 0 Å². The van der Waals surface area contributed by atoms with Crippen molar-refractivity contribution in [3.63, 3.8) is 0 Å². The van der Waals surface area contributed by atoms with Gasteiger partial charge in [0.1, 0.15) is 5.60 Å². The molecule has 3 saturated heterocycles. The summed E-state index contributed by atoms with van der Waals surface area (Å²) in [5, 5.41) is 3.21. The highest BCUT2D eigenvalue weighted by molar-refractivity contribution is 5.79. The zero-order chi connectivity index (χ0) is 11.0. The second kappa shape index (κ2) is 3.98. The van der Waals surface area contributed by atoms with Crippen LogP contribution in [0.1, 0.15) is 6.42 Å². The molecule has 3 aliphatic heterocycles. The molecule has 3 aliphatic rings. The fourth-order valence-corrected chi connectivity index (χ4v) is 2.64. The topological polar surface area (TPSA) is 50.8 Å². The van der Waals surface area contributed by atoms with Gasteiger partial charge in [0.15, 0.2) is 0 Å². The number of carbonyl (C=O) groups excluding carboxylic acids is 1. The molecule has 0 aromatic rings. The lowest BCUT2D eigenvalue weighted by Gasteiger charge is -2.49. The molecule has 16 heavy (non-hydrogen) atoms. The molecule has 0 aromatic carbocycles. The third-order valence-electron chi connectivity index (χ3n) is 3.73. The number of hydrogen-bond acceptors (Lipinski definition) is 4. The minimum atomic E-state index is -0.0899. The van der Waals surface area contributed by atoms with Crippen LogP contribution in [0.4, 0.5) is 0 Å². The highest BCUT2D eigenvalue weighted by atomic mass is 16.5. The predicted octanol–water partition coefficient (Wildman–Crippen LogP) is -0.776. The number of morpholine rings is 1. The molecular formula is C11H18N2O3. The second-order valence-corrected chi connectivity index (χ2v) is 4.96. The van der Waals surface area contributed by atoms with Crippen molar-refractivity contribution in [2.75, 3.05) is 46.0 Å². The Morgan fingerprint density at radius 2 is 2.25 bits per heavy atom. The van der Waals surface area contributed by atoms with E-state index < -0.39 is 0 Å². The Morgan fingerprint density at radius 1 is 1.38 bits per heavy atom. The highest BCUT2D eigenvalue weighted by Crippen LogP contribution is 2.24. The van der Waals surface area contributed by atoms with Gasteiger partial charge in [0, 0.05) is 26.2 Å². The summed E-state index contributed by atoms with van der Waals surface area (Å²) in [5.74, 6) is 0.343. The zero-order valence-electron chi connectivity index (χ0n) is 9.41. The number of amides is 1. The molecule has 1 unspecified atom stereocenters. The number of carbonyl (C=O) groups is 1. The minimum Gasteiger partial charge on any atom is -0.381 e. The van der Waals surface area contributed by atoms with Gasteiger partial charge in [0.2, 0.25) is 5.91 Å². The van der Waals surface area contributed by atoms with Crippen LogP contribution in [-0.4, -0.2) is 62.4 Å². The van der Waals surface area contributed by atoms with Gasteiger partial charge < -0.3 is 19.7 Å². The molecule has 1 spiro atoms. The lowest BCUT2D eigenvalue weighted by atomic mass is 9.94. The monoisotopic (exact) mass is 226 g/mol. The average Bonchev–Trinajstić information content (AvgIpc) is 2.79. The Labute approximate surface area is 95.1 Å². The SMILES string of the molecule is O=C(C1CCOC1)N1CCOC2(CNC2)C1. The molecule has 0 radical (unpaired) electrons. The molecule has 3 fully saturated rings. The summed E-state index contributed by atoms with van der Waals surface area (Å²) in [6.45, 7) is 5.22. The lowest BCUT2D eigenvalue weighted by molar-refractivity contribution is -0.162. The van der Waals surface area contributed by atoms with E-state index in [2.05, 4.69) is 5.32 Å². The van der Waals surface area contributed by atoms with Crippen molar-refractivity contribution >= 4 is 5.91 Å². The van der Waals surface area contributed by atoms with Gasteiger partial charge in [-0.2, -0.15) is 0 Å². The molecule has 0 aliphatic carbocycles. The number of hydrogen-bond donors (Lipinski definition) is 1. The van der Waals surface area contributed by atoms with Gasteiger partial charge in [-0.3, -0.25) is 4.79 Å². The number of nitrogens with one attached hydrogen (secondary N) is 1.